The van der Waals surface area contributed by atoms with Crippen molar-refractivity contribution in [1.82, 2.24) is 0 Å². The lowest BCUT2D eigenvalue weighted by Crippen LogP contribution is -2.27. The zero-order valence-corrected chi connectivity index (χ0v) is 15.2. The molecule has 2 aromatic carbocycles. The lowest BCUT2D eigenvalue weighted by molar-refractivity contribution is -0.385. The molecule has 1 saturated carbocycles. The van der Waals surface area contributed by atoms with Gasteiger partial charge in [0, 0.05) is 36.7 Å². The van der Waals surface area contributed by atoms with Crippen molar-refractivity contribution in [2.45, 2.75) is 37.8 Å². The number of hydrogen-bond acceptors (Lipinski definition) is 6. The maximum Gasteiger partial charge on any atom is 0.269 e. The highest BCUT2D eigenvalue weighted by molar-refractivity contribution is 5.81. The molecule has 0 radical (unpaired) electrons. The van der Waals surface area contributed by atoms with E-state index in [-0.39, 0.29) is 23.5 Å². The second-order valence-electron chi connectivity index (χ2n) is 6.67. The number of rotatable bonds is 6. The van der Waals surface area contributed by atoms with E-state index in [9.17, 15) is 20.2 Å². The molecular weight excluding hydrogens is 360 g/mol. The predicted octanol–water partition coefficient (Wildman–Crippen LogP) is 4.35. The van der Waals surface area contributed by atoms with E-state index in [0.717, 1.165) is 36.8 Å². The van der Waals surface area contributed by atoms with Gasteiger partial charge < -0.3 is 0 Å². The zero-order chi connectivity index (χ0) is 19.9. The summed E-state index contributed by atoms with van der Waals surface area (Å²) in [4.78, 5) is 29.9. The van der Waals surface area contributed by atoms with Crippen molar-refractivity contribution in [3.63, 3.8) is 0 Å². The molecule has 0 amide bonds. The van der Waals surface area contributed by atoms with Gasteiger partial charge in [-0.3, -0.25) is 30.2 Å². The molecule has 2 unspecified atom stereocenters. The molecule has 8 nitrogen and oxygen atoms in total. The van der Waals surface area contributed by atoms with Crippen LogP contribution < -0.4 is 0 Å². The highest BCUT2D eigenvalue weighted by atomic mass is 16.6. The Labute approximate surface area is 161 Å². The van der Waals surface area contributed by atoms with Crippen LogP contribution in [0.25, 0.3) is 0 Å². The van der Waals surface area contributed by atoms with Crippen molar-refractivity contribution >= 4 is 23.8 Å². The molecule has 0 aromatic heterocycles. The number of nitro groups is 2. The lowest BCUT2D eigenvalue weighted by atomic mass is 9.91. The minimum absolute atomic E-state index is 0.0539. The normalized spacial score (nSPS) is 19.9. The number of nitrogens with zero attached hydrogens (tertiary/aromatic N) is 4. The molecule has 0 heterocycles. The quantitative estimate of drug-likeness (QED) is 0.421. The number of benzene rings is 2. The molecule has 1 fully saturated rings. The van der Waals surface area contributed by atoms with Crippen molar-refractivity contribution in [3.05, 3.63) is 79.9 Å². The Hall–Kier alpha value is -3.42. The maximum absolute atomic E-state index is 10.7. The van der Waals surface area contributed by atoms with Gasteiger partial charge >= 0.3 is 0 Å². The number of non-ortho nitro benzene ring substituents is 2. The summed E-state index contributed by atoms with van der Waals surface area (Å²) in [5.74, 6) is 0. The van der Waals surface area contributed by atoms with E-state index in [2.05, 4.69) is 9.98 Å². The van der Waals surface area contributed by atoms with Gasteiger partial charge in [0.05, 0.1) is 21.9 Å². The van der Waals surface area contributed by atoms with Gasteiger partial charge in [-0.1, -0.05) is 12.8 Å². The van der Waals surface area contributed by atoms with Crippen molar-refractivity contribution in [2.24, 2.45) is 9.98 Å². The summed E-state index contributed by atoms with van der Waals surface area (Å²) in [6, 6.07) is 12.7. The van der Waals surface area contributed by atoms with Gasteiger partial charge in [0.15, 0.2) is 0 Å². The van der Waals surface area contributed by atoms with Gasteiger partial charge in [-0.2, -0.15) is 0 Å². The van der Waals surface area contributed by atoms with E-state index in [4.69, 9.17) is 0 Å². The molecule has 0 saturated heterocycles. The van der Waals surface area contributed by atoms with Crippen LogP contribution in [0, 0.1) is 20.2 Å². The van der Waals surface area contributed by atoms with Crippen LogP contribution in [0.3, 0.4) is 0 Å². The largest absolute Gasteiger partial charge is 0.287 e. The van der Waals surface area contributed by atoms with Gasteiger partial charge in [0.2, 0.25) is 0 Å². The molecule has 0 aliphatic heterocycles. The summed E-state index contributed by atoms with van der Waals surface area (Å²) >= 11 is 0. The van der Waals surface area contributed by atoms with Crippen LogP contribution in [0.4, 0.5) is 11.4 Å². The smallest absolute Gasteiger partial charge is 0.269 e. The van der Waals surface area contributed by atoms with E-state index in [1.165, 1.54) is 24.3 Å². The minimum Gasteiger partial charge on any atom is -0.287 e. The van der Waals surface area contributed by atoms with Crippen molar-refractivity contribution in [2.75, 3.05) is 0 Å². The van der Waals surface area contributed by atoms with Crippen molar-refractivity contribution < 1.29 is 9.85 Å². The number of aliphatic imine (C=N–C) groups is 2. The molecular formula is C20H20N4O4. The van der Waals surface area contributed by atoms with Crippen LogP contribution in [0.5, 0.6) is 0 Å². The van der Waals surface area contributed by atoms with Gasteiger partial charge in [-0.05, 0) is 48.2 Å². The first kappa shape index (κ1) is 19.3. The molecule has 3 rings (SSSR count). The fourth-order valence-corrected chi connectivity index (χ4v) is 3.17. The predicted molar refractivity (Wildman–Crippen MR) is 107 cm³/mol. The number of nitro benzene ring substituents is 2. The van der Waals surface area contributed by atoms with Crippen LogP contribution in [0.2, 0.25) is 0 Å². The summed E-state index contributed by atoms with van der Waals surface area (Å²) in [6.45, 7) is 0. The molecule has 1 aliphatic rings. The van der Waals surface area contributed by atoms with Crippen LogP contribution >= 0.6 is 0 Å². The Balaban J connectivity index is 1.67. The standard InChI is InChI=1S/C20H20N4O4/c25-23(26)17-9-5-15(6-10-17)13-21-19-3-1-2-4-20(19)22-14-16-7-11-18(12-8-16)24(27)28/h5-14,19-20H,1-4H2. The van der Waals surface area contributed by atoms with Crippen LogP contribution in [-0.2, 0) is 0 Å². The van der Waals surface area contributed by atoms with E-state index < -0.39 is 9.85 Å². The highest BCUT2D eigenvalue weighted by Gasteiger charge is 2.23. The Bertz CT molecular complexity index is 816. The lowest BCUT2D eigenvalue weighted by Gasteiger charge is -2.25. The van der Waals surface area contributed by atoms with Crippen molar-refractivity contribution in [3.8, 4) is 0 Å². The fraction of sp³-hybridized carbons (Fsp3) is 0.300. The average molecular weight is 380 g/mol. The maximum atomic E-state index is 10.7. The molecule has 2 atom stereocenters. The van der Waals surface area contributed by atoms with E-state index in [0.29, 0.717) is 0 Å². The third kappa shape index (κ3) is 5.06. The number of hydrogen-bond donors (Lipinski definition) is 0. The zero-order valence-electron chi connectivity index (χ0n) is 15.2. The summed E-state index contributed by atoms with van der Waals surface area (Å²) in [7, 11) is 0. The average Bonchev–Trinajstić information content (AvgIpc) is 2.72. The first-order valence-electron chi connectivity index (χ1n) is 9.08. The van der Waals surface area contributed by atoms with Gasteiger partial charge in [0.1, 0.15) is 0 Å². The SMILES string of the molecule is O=[N+]([O-])c1ccc(C=NC2CCCCC2N=Cc2ccc([N+](=O)[O-])cc2)cc1. The summed E-state index contributed by atoms with van der Waals surface area (Å²) in [5, 5.41) is 21.4. The molecule has 2 aromatic rings. The van der Waals surface area contributed by atoms with Gasteiger partial charge in [-0.15, -0.1) is 0 Å². The molecule has 8 heteroatoms. The second kappa shape index (κ2) is 8.98. The first-order valence-corrected chi connectivity index (χ1v) is 9.08. The molecule has 28 heavy (non-hydrogen) atoms. The fourth-order valence-electron chi connectivity index (χ4n) is 3.17. The summed E-state index contributed by atoms with van der Waals surface area (Å²) in [6.07, 6.45) is 7.54. The van der Waals surface area contributed by atoms with Crippen molar-refractivity contribution in [1.29, 1.82) is 0 Å². The first-order chi connectivity index (χ1) is 13.5. The highest BCUT2D eigenvalue weighted by Crippen LogP contribution is 2.24. The van der Waals surface area contributed by atoms with E-state index >= 15 is 0 Å². The minimum atomic E-state index is -0.426. The summed E-state index contributed by atoms with van der Waals surface area (Å²) < 4.78 is 0. The van der Waals surface area contributed by atoms with Crippen LogP contribution in [-0.4, -0.2) is 34.4 Å². The topological polar surface area (TPSA) is 111 Å². The third-order valence-corrected chi connectivity index (χ3v) is 4.73. The van der Waals surface area contributed by atoms with Crippen LogP contribution in [0.15, 0.2) is 58.5 Å². The molecule has 0 bridgehead atoms. The molecule has 1 aliphatic carbocycles. The van der Waals surface area contributed by atoms with Crippen LogP contribution in [0.1, 0.15) is 36.8 Å². The third-order valence-electron chi connectivity index (χ3n) is 4.73. The Morgan fingerprint density at radius 3 is 1.39 bits per heavy atom. The molecule has 0 spiro atoms. The Kier molecular flexibility index (Phi) is 6.21. The van der Waals surface area contributed by atoms with E-state index in [1.54, 1.807) is 36.7 Å². The second-order valence-corrected chi connectivity index (χ2v) is 6.67. The van der Waals surface area contributed by atoms with Gasteiger partial charge in [-0.25, -0.2) is 0 Å². The molecule has 144 valence electrons. The Morgan fingerprint density at radius 2 is 1.07 bits per heavy atom. The molecule has 0 N–H and O–H groups in total. The van der Waals surface area contributed by atoms with E-state index in [1.807, 2.05) is 0 Å². The monoisotopic (exact) mass is 380 g/mol. The van der Waals surface area contributed by atoms with Gasteiger partial charge in [0.25, 0.3) is 11.4 Å². The Morgan fingerprint density at radius 1 is 0.714 bits per heavy atom. The summed E-state index contributed by atoms with van der Waals surface area (Å²) in [5.41, 5.74) is 1.74.